The van der Waals surface area contributed by atoms with E-state index in [1.165, 1.54) is 36.1 Å². The van der Waals surface area contributed by atoms with Gasteiger partial charge in [-0.3, -0.25) is 9.59 Å². The van der Waals surface area contributed by atoms with Crippen LogP contribution in [-0.4, -0.2) is 18.4 Å². The minimum absolute atomic E-state index is 0.0826. The van der Waals surface area contributed by atoms with Crippen LogP contribution in [-0.2, 0) is 33.3 Å². The van der Waals surface area contributed by atoms with Gasteiger partial charge in [-0.05, 0) is 80.5 Å². The number of benzene rings is 2. The van der Waals surface area contributed by atoms with Crippen LogP contribution in [0.4, 0.5) is 13.2 Å². The third-order valence-corrected chi connectivity index (χ3v) is 7.01. The highest BCUT2D eigenvalue weighted by Crippen LogP contribution is 2.38. The van der Waals surface area contributed by atoms with Gasteiger partial charge in [0.2, 0.25) is 0 Å². The lowest BCUT2D eigenvalue weighted by Crippen LogP contribution is -2.34. The highest BCUT2D eigenvalue weighted by atomic mass is 19.4. The lowest BCUT2D eigenvalue weighted by Gasteiger charge is -2.30. The number of hydrogen-bond acceptors (Lipinski definition) is 3. The maximum atomic E-state index is 13.4. The molecule has 1 unspecified atom stereocenters. The Morgan fingerprint density at radius 2 is 1.66 bits per heavy atom. The molecule has 1 atom stereocenters. The Hall–Kier alpha value is -2.63. The maximum Gasteiger partial charge on any atom is 0.416 e. The number of esters is 1. The standard InChI is InChI=1S/C29H35F3O3/c1-3-5-7-20-10-12-22(13-11-20)23-14-16-24(17-15-23)27(33)26(28(34)35-4-2)19-21-8-6-9-25(18-21)29(30,31)32/h6,8-13,18,23-24,26H,3-5,7,14-17,19H2,1-2H3/t23-,24-,26?. The number of halogens is 3. The Bertz CT molecular complexity index is 973. The summed E-state index contributed by atoms with van der Waals surface area (Å²) in [4.78, 5) is 26.0. The zero-order valence-electron chi connectivity index (χ0n) is 20.6. The second-order valence-corrected chi connectivity index (χ2v) is 9.50. The van der Waals surface area contributed by atoms with Crippen molar-refractivity contribution in [3.63, 3.8) is 0 Å². The molecule has 0 spiro atoms. The van der Waals surface area contributed by atoms with Crippen molar-refractivity contribution in [1.29, 1.82) is 0 Å². The third kappa shape index (κ3) is 7.42. The smallest absolute Gasteiger partial charge is 0.416 e. The van der Waals surface area contributed by atoms with Gasteiger partial charge in [0.15, 0.2) is 5.78 Å². The van der Waals surface area contributed by atoms with Crippen LogP contribution in [0.2, 0.25) is 0 Å². The molecular weight excluding hydrogens is 453 g/mol. The lowest BCUT2D eigenvalue weighted by molar-refractivity contribution is -0.152. The number of hydrogen-bond donors (Lipinski definition) is 0. The van der Waals surface area contributed by atoms with Crippen molar-refractivity contribution in [2.24, 2.45) is 11.8 Å². The Balaban J connectivity index is 1.66. The fraction of sp³-hybridized carbons (Fsp3) is 0.517. The van der Waals surface area contributed by atoms with Gasteiger partial charge in [-0.25, -0.2) is 0 Å². The predicted molar refractivity (Wildman–Crippen MR) is 130 cm³/mol. The Morgan fingerprint density at radius 1 is 0.971 bits per heavy atom. The summed E-state index contributed by atoms with van der Waals surface area (Å²) in [6.07, 6.45) is 1.90. The molecule has 190 valence electrons. The summed E-state index contributed by atoms with van der Waals surface area (Å²) >= 11 is 0. The van der Waals surface area contributed by atoms with Crippen molar-refractivity contribution in [3.05, 3.63) is 70.8 Å². The first-order valence-electron chi connectivity index (χ1n) is 12.7. The molecule has 1 aliphatic carbocycles. The summed E-state index contributed by atoms with van der Waals surface area (Å²) in [6.45, 7) is 3.95. The largest absolute Gasteiger partial charge is 0.465 e. The van der Waals surface area contributed by atoms with Crippen LogP contribution in [0.3, 0.4) is 0 Å². The summed E-state index contributed by atoms with van der Waals surface area (Å²) in [7, 11) is 0. The summed E-state index contributed by atoms with van der Waals surface area (Å²) in [5, 5.41) is 0. The number of ketones is 1. The molecule has 2 aromatic carbocycles. The van der Waals surface area contributed by atoms with E-state index in [2.05, 4.69) is 31.2 Å². The second kappa shape index (κ2) is 12.4. The van der Waals surface area contributed by atoms with Gasteiger partial charge in [-0.15, -0.1) is 0 Å². The number of Topliss-reactive ketones (excluding diaryl/α,β-unsaturated/α-hetero) is 1. The number of aryl methyl sites for hydroxylation is 1. The summed E-state index contributed by atoms with van der Waals surface area (Å²) < 4.78 is 44.5. The average Bonchev–Trinajstić information content (AvgIpc) is 2.86. The van der Waals surface area contributed by atoms with Gasteiger partial charge in [0, 0.05) is 5.92 Å². The molecule has 1 fully saturated rings. The van der Waals surface area contributed by atoms with Gasteiger partial charge in [0.05, 0.1) is 12.2 Å². The first-order chi connectivity index (χ1) is 16.7. The van der Waals surface area contributed by atoms with Crippen LogP contribution >= 0.6 is 0 Å². The first kappa shape index (κ1) is 27.0. The minimum Gasteiger partial charge on any atom is -0.465 e. The molecule has 2 aromatic rings. The number of carbonyl (C=O) groups is 2. The van der Waals surface area contributed by atoms with E-state index in [1.54, 1.807) is 6.92 Å². The normalized spacial score (nSPS) is 19.2. The van der Waals surface area contributed by atoms with Crippen LogP contribution in [0, 0.1) is 11.8 Å². The summed E-state index contributed by atoms with van der Waals surface area (Å²) in [5.41, 5.74) is 2.14. The van der Waals surface area contributed by atoms with Crippen molar-refractivity contribution in [2.75, 3.05) is 6.61 Å². The molecule has 0 saturated heterocycles. The van der Waals surface area contributed by atoms with E-state index in [0.717, 1.165) is 31.4 Å². The van der Waals surface area contributed by atoms with Crippen LogP contribution in [0.15, 0.2) is 48.5 Å². The Kier molecular flexibility index (Phi) is 9.53. The highest BCUT2D eigenvalue weighted by molar-refractivity contribution is 6.00. The number of ether oxygens (including phenoxy) is 1. The molecule has 0 amide bonds. The molecule has 0 bridgehead atoms. The number of unbranched alkanes of at least 4 members (excludes halogenated alkanes) is 1. The molecule has 35 heavy (non-hydrogen) atoms. The third-order valence-electron chi connectivity index (χ3n) is 7.01. The number of alkyl halides is 3. The molecule has 1 saturated carbocycles. The van der Waals surface area contributed by atoms with Crippen molar-refractivity contribution in [3.8, 4) is 0 Å². The molecule has 0 radical (unpaired) electrons. The van der Waals surface area contributed by atoms with Crippen molar-refractivity contribution in [1.82, 2.24) is 0 Å². The quantitative estimate of drug-likeness (QED) is 0.260. The van der Waals surface area contributed by atoms with Gasteiger partial charge < -0.3 is 4.74 Å². The van der Waals surface area contributed by atoms with E-state index >= 15 is 0 Å². The fourth-order valence-corrected chi connectivity index (χ4v) is 4.99. The molecular formula is C29H35F3O3. The average molecular weight is 489 g/mol. The zero-order chi connectivity index (χ0) is 25.4. The molecule has 0 aromatic heterocycles. The Labute approximate surface area is 206 Å². The molecule has 1 aliphatic rings. The maximum absolute atomic E-state index is 13.4. The fourth-order valence-electron chi connectivity index (χ4n) is 4.99. The van der Waals surface area contributed by atoms with E-state index in [4.69, 9.17) is 4.74 Å². The van der Waals surface area contributed by atoms with Gasteiger partial charge in [0.1, 0.15) is 5.92 Å². The highest BCUT2D eigenvalue weighted by Gasteiger charge is 2.37. The number of rotatable bonds is 10. The molecule has 6 heteroatoms. The van der Waals surface area contributed by atoms with E-state index in [1.807, 2.05) is 0 Å². The summed E-state index contributed by atoms with van der Waals surface area (Å²) in [6, 6.07) is 13.6. The SMILES string of the molecule is CCCCc1ccc([C@H]2CC[C@H](C(=O)C(Cc3cccc(C(F)(F)F)c3)C(=O)OCC)CC2)cc1. The molecule has 0 aliphatic heterocycles. The lowest BCUT2D eigenvalue weighted by atomic mass is 9.74. The zero-order valence-corrected chi connectivity index (χ0v) is 20.6. The van der Waals surface area contributed by atoms with E-state index < -0.39 is 23.6 Å². The number of carbonyl (C=O) groups excluding carboxylic acids is 2. The van der Waals surface area contributed by atoms with Crippen molar-refractivity contribution < 1.29 is 27.5 Å². The van der Waals surface area contributed by atoms with Gasteiger partial charge in [-0.2, -0.15) is 13.2 Å². The van der Waals surface area contributed by atoms with Gasteiger partial charge >= 0.3 is 12.1 Å². The van der Waals surface area contributed by atoms with Crippen LogP contribution in [0.25, 0.3) is 0 Å². The molecule has 0 heterocycles. The first-order valence-corrected chi connectivity index (χ1v) is 12.7. The molecule has 0 N–H and O–H groups in total. The topological polar surface area (TPSA) is 43.4 Å². The van der Waals surface area contributed by atoms with Crippen LogP contribution in [0.1, 0.15) is 80.5 Å². The van der Waals surface area contributed by atoms with Crippen molar-refractivity contribution in [2.45, 2.75) is 77.3 Å². The monoisotopic (exact) mass is 488 g/mol. The van der Waals surface area contributed by atoms with Crippen LogP contribution < -0.4 is 0 Å². The van der Waals surface area contributed by atoms with E-state index in [9.17, 15) is 22.8 Å². The second-order valence-electron chi connectivity index (χ2n) is 9.50. The van der Waals surface area contributed by atoms with Crippen LogP contribution in [0.5, 0.6) is 0 Å². The predicted octanol–water partition coefficient (Wildman–Crippen LogP) is 7.31. The van der Waals surface area contributed by atoms with E-state index in [0.29, 0.717) is 24.3 Å². The van der Waals surface area contributed by atoms with Crippen molar-refractivity contribution >= 4 is 11.8 Å². The summed E-state index contributed by atoms with van der Waals surface area (Å²) in [5.74, 6) is -1.86. The van der Waals surface area contributed by atoms with Gasteiger partial charge in [-0.1, -0.05) is 55.8 Å². The van der Waals surface area contributed by atoms with Gasteiger partial charge in [0.25, 0.3) is 0 Å². The van der Waals surface area contributed by atoms with E-state index in [-0.39, 0.29) is 24.7 Å². The Morgan fingerprint density at radius 3 is 2.26 bits per heavy atom. The molecule has 3 rings (SSSR count). The molecule has 3 nitrogen and oxygen atoms in total. The minimum atomic E-state index is -4.48.